The molecule has 17 nitrogen and oxygen atoms in total. The molecule has 10 rings (SSSR count). The number of amides is 3. The Labute approximate surface area is 455 Å². The van der Waals surface area contributed by atoms with E-state index in [4.69, 9.17) is 28.9 Å². The van der Waals surface area contributed by atoms with Crippen molar-refractivity contribution in [2.45, 2.75) is 120 Å². The predicted octanol–water partition coefficient (Wildman–Crippen LogP) is 9.76. The number of methoxy groups -OCH3 is 4. The minimum Gasteiger partial charge on any atom is -0.469 e. The van der Waals surface area contributed by atoms with E-state index in [1.807, 2.05) is 18.2 Å². The van der Waals surface area contributed by atoms with Crippen molar-refractivity contribution in [1.29, 1.82) is 0 Å². The van der Waals surface area contributed by atoms with Gasteiger partial charge in [-0.05, 0) is 101 Å². The summed E-state index contributed by atoms with van der Waals surface area (Å²) in [5.41, 5.74) is 2.95. The van der Waals surface area contributed by atoms with E-state index in [1.54, 1.807) is 45.6 Å². The fourth-order valence-corrected chi connectivity index (χ4v) is 12.5. The molecular weight excluding hydrogens is 1030 g/mol. The van der Waals surface area contributed by atoms with Gasteiger partial charge in [-0.2, -0.15) is 0 Å². The number of carbonyl (C=O) groups excluding carboxylic acids is 4. The van der Waals surface area contributed by atoms with Crippen LogP contribution in [0.3, 0.4) is 0 Å². The molecule has 21 heteroatoms. The van der Waals surface area contributed by atoms with Crippen LogP contribution in [0.5, 0.6) is 0 Å². The van der Waals surface area contributed by atoms with Gasteiger partial charge in [0.2, 0.25) is 11.8 Å². The van der Waals surface area contributed by atoms with E-state index < -0.39 is 89.6 Å². The van der Waals surface area contributed by atoms with Gasteiger partial charge in [-0.1, -0.05) is 30.3 Å². The van der Waals surface area contributed by atoms with Crippen LogP contribution in [0.4, 0.5) is 33.7 Å². The predicted molar refractivity (Wildman–Crippen MR) is 286 cm³/mol. The lowest BCUT2D eigenvalue weighted by molar-refractivity contribution is -0.151. The van der Waals surface area contributed by atoms with Crippen molar-refractivity contribution in [1.82, 2.24) is 35.1 Å². The first-order valence-electron chi connectivity index (χ1n) is 27.1. The number of piperidine rings is 1. The van der Waals surface area contributed by atoms with E-state index in [1.165, 1.54) is 58.3 Å². The standard InChI is InChI=1S/C58H67F4N9O8/c1-31(76-3)36(28-51(72)78-5)56(73)69-20-10-14-49(69)54-63-43-26-37(39(59)29-45(43)65-54)47-16-17-48(71(47)35-24-41(61)53(42(62)25-35)68-22-18-34(19-23-68)33-12-8-7-9-13-33)38-27-44-46(30-40(38)60)66-55(64-44)50-15-11-21-70(50)57(74)52(32(2)77-4)67-58(75)79-6/h7-9,12-13,24-27,29-32,34,36,47-50,52H,10-11,14-23,28H2,1-6H3,(H,63,65)(H,64,66)(H,67,75)/t31-,32-,36+,47-,48-,49+,50+,52+/m1/s1. The third kappa shape index (κ3) is 10.8. The number of aromatic amines is 2. The lowest BCUT2D eigenvalue weighted by atomic mass is 9.89. The first-order chi connectivity index (χ1) is 38.1. The number of hydrogen-bond acceptors (Lipinski definition) is 12. The number of nitrogens with zero attached hydrogens (tertiary/aromatic N) is 6. The summed E-state index contributed by atoms with van der Waals surface area (Å²) >= 11 is 0. The van der Waals surface area contributed by atoms with Crippen molar-refractivity contribution in [2.75, 3.05) is 64.4 Å². The molecule has 3 N–H and O–H groups in total. The van der Waals surface area contributed by atoms with E-state index >= 15 is 17.6 Å². The van der Waals surface area contributed by atoms with Crippen LogP contribution in [0.2, 0.25) is 0 Å². The third-order valence-corrected chi connectivity index (χ3v) is 16.9. The number of halogens is 4. The van der Waals surface area contributed by atoms with Gasteiger partial charge < -0.3 is 53.8 Å². The first kappa shape index (κ1) is 55.1. The van der Waals surface area contributed by atoms with E-state index in [9.17, 15) is 19.2 Å². The Kier molecular flexibility index (Phi) is 16.2. The van der Waals surface area contributed by atoms with Crippen LogP contribution < -0.4 is 15.1 Å². The molecule has 0 aliphatic carbocycles. The number of anilines is 2. The zero-order valence-corrected chi connectivity index (χ0v) is 45.2. The van der Waals surface area contributed by atoms with Crippen molar-refractivity contribution in [3.63, 3.8) is 0 Å². The summed E-state index contributed by atoms with van der Waals surface area (Å²) in [6.45, 7) is 4.99. The lowest BCUT2D eigenvalue weighted by Gasteiger charge is -2.36. The summed E-state index contributed by atoms with van der Waals surface area (Å²) < 4.78 is 88.4. The highest BCUT2D eigenvalue weighted by atomic mass is 19.1. The number of esters is 1. The van der Waals surface area contributed by atoms with E-state index in [0.29, 0.717) is 92.9 Å². The summed E-state index contributed by atoms with van der Waals surface area (Å²) in [5, 5.41) is 2.58. The molecule has 420 valence electrons. The number of hydrogen-bond donors (Lipinski definition) is 3. The van der Waals surface area contributed by atoms with Crippen LogP contribution in [0.1, 0.15) is 130 Å². The van der Waals surface area contributed by atoms with Crippen molar-refractivity contribution >= 4 is 57.3 Å². The quantitative estimate of drug-likeness (QED) is 0.0616. The van der Waals surface area contributed by atoms with Crippen molar-refractivity contribution in [3.05, 3.63) is 118 Å². The second-order valence-corrected chi connectivity index (χ2v) is 21.2. The van der Waals surface area contributed by atoms with Gasteiger partial charge in [0.25, 0.3) is 0 Å². The number of rotatable bonds is 16. The molecule has 0 unspecified atom stereocenters. The third-order valence-electron chi connectivity index (χ3n) is 16.9. The Bertz CT molecular complexity index is 3050. The second kappa shape index (κ2) is 23.2. The normalized spacial score (nSPS) is 21.4. The molecule has 3 amide bonds. The van der Waals surface area contributed by atoms with Gasteiger partial charge in [-0.25, -0.2) is 32.3 Å². The maximum absolute atomic E-state index is 17.0. The Morgan fingerprint density at radius 2 is 1.16 bits per heavy atom. The summed E-state index contributed by atoms with van der Waals surface area (Å²) in [7, 11) is 5.36. The maximum atomic E-state index is 17.0. The smallest absolute Gasteiger partial charge is 0.407 e. The monoisotopic (exact) mass is 1090 g/mol. The Morgan fingerprint density at radius 1 is 0.633 bits per heavy atom. The molecular formula is C58H67F4N9O8. The molecule has 4 saturated heterocycles. The van der Waals surface area contributed by atoms with E-state index in [-0.39, 0.29) is 59.1 Å². The number of likely N-dealkylation sites (tertiary alicyclic amines) is 2. The molecule has 6 aromatic rings. The van der Waals surface area contributed by atoms with E-state index in [0.717, 1.165) is 0 Å². The Morgan fingerprint density at radius 3 is 1.67 bits per heavy atom. The highest BCUT2D eigenvalue weighted by Gasteiger charge is 2.43. The van der Waals surface area contributed by atoms with Crippen LogP contribution in [0.25, 0.3) is 22.1 Å². The molecule has 6 heterocycles. The number of alkyl carbamates (subject to hydrolysis) is 1. The van der Waals surface area contributed by atoms with Gasteiger partial charge >= 0.3 is 12.1 Å². The molecule has 2 aromatic heterocycles. The maximum Gasteiger partial charge on any atom is 0.407 e. The van der Waals surface area contributed by atoms with Crippen LogP contribution >= 0.6 is 0 Å². The fourth-order valence-electron chi connectivity index (χ4n) is 12.5. The molecule has 4 fully saturated rings. The topological polar surface area (TPSA) is 188 Å². The van der Waals surface area contributed by atoms with Gasteiger partial charge in [-0.15, -0.1) is 0 Å². The molecule has 0 bridgehead atoms. The molecule has 0 radical (unpaired) electrons. The molecule has 8 atom stereocenters. The summed E-state index contributed by atoms with van der Waals surface area (Å²) in [4.78, 5) is 75.8. The first-order valence-corrected chi connectivity index (χ1v) is 27.1. The largest absolute Gasteiger partial charge is 0.469 e. The number of imidazole rings is 2. The van der Waals surface area contributed by atoms with Crippen LogP contribution in [0.15, 0.2) is 66.7 Å². The van der Waals surface area contributed by atoms with Gasteiger partial charge in [0.05, 0.1) is 85.0 Å². The summed E-state index contributed by atoms with van der Waals surface area (Å²) in [5.74, 6) is -3.89. The highest BCUT2D eigenvalue weighted by Crippen LogP contribution is 2.50. The van der Waals surface area contributed by atoms with Gasteiger partial charge in [0.15, 0.2) is 11.6 Å². The molecule has 4 aromatic carbocycles. The zero-order chi connectivity index (χ0) is 55.8. The summed E-state index contributed by atoms with van der Waals surface area (Å²) in [6.07, 6.45) is 1.99. The van der Waals surface area contributed by atoms with Crippen LogP contribution in [0, 0.1) is 29.2 Å². The molecule has 0 saturated carbocycles. The SMILES string of the molecule is COC(=O)C[C@H](C(=O)N1CCC[C@H]1c1nc2cc(F)c([C@H]3CC[C@H](c4cc5[nH]c([C@@H]6CCCN6C(=O)[C@@H](NC(=O)OC)[C@@H](C)OC)nc5cc4F)N3c3cc(F)c(N4CCC(c5ccccc5)CC4)c(F)c3)cc2[nH]1)[C@@H](C)OC. The average Bonchev–Trinajstić information content (AvgIpc) is 4.39. The number of benzene rings is 4. The molecule has 79 heavy (non-hydrogen) atoms. The van der Waals surface area contributed by atoms with Crippen molar-refractivity contribution in [3.8, 4) is 0 Å². The number of fused-ring (bicyclic) bond motifs is 2. The molecule has 4 aliphatic heterocycles. The van der Waals surface area contributed by atoms with Crippen LogP contribution in [-0.4, -0.2) is 126 Å². The number of aromatic nitrogens is 4. The van der Waals surface area contributed by atoms with Gasteiger partial charge in [0.1, 0.15) is 35.0 Å². The Balaban J connectivity index is 0.994. The minimum atomic E-state index is -1.07. The Hall–Kier alpha value is -7.26. The number of ether oxygens (including phenoxy) is 4. The van der Waals surface area contributed by atoms with Gasteiger partial charge in [-0.3, -0.25) is 14.4 Å². The number of H-pyrrole nitrogens is 2. The zero-order valence-electron chi connectivity index (χ0n) is 45.2. The van der Waals surface area contributed by atoms with Crippen molar-refractivity contribution in [2.24, 2.45) is 5.92 Å². The highest BCUT2D eigenvalue weighted by molar-refractivity contribution is 5.87. The minimum absolute atomic E-state index is 0.0902. The van der Waals surface area contributed by atoms with Gasteiger partial charge in [0, 0.05) is 69.3 Å². The number of carbonyl (C=O) groups is 4. The van der Waals surface area contributed by atoms with Crippen molar-refractivity contribution < 1.29 is 55.7 Å². The average molecular weight is 1090 g/mol. The van der Waals surface area contributed by atoms with E-state index in [2.05, 4.69) is 27.4 Å². The van der Waals surface area contributed by atoms with Crippen LogP contribution in [-0.2, 0) is 33.3 Å². The lowest BCUT2D eigenvalue weighted by Crippen LogP contribution is -2.54. The molecule has 4 aliphatic rings. The fraction of sp³-hybridized carbons (Fsp3) is 0.483. The molecule has 0 spiro atoms. The summed E-state index contributed by atoms with van der Waals surface area (Å²) in [6, 6.07) is 14.5. The number of nitrogens with one attached hydrogen (secondary N) is 3. The second-order valence-electron chi connectivity index (χ2n) is 21.2.